The van der Waals surface area contributed by atoms with Crippen LogP contribution in [0.1, 0.15) is 11.3 Å². The molecule has 1 aliphatic heterocycles. The van der Waals surface area contributed by atoms with Gasteiger partial charge in [-0.15, -0.1) is 0 Å². The zero-order chi connectivity index (χ0) is 17.5. The molecule has 5 heteroatoms. The van der Waals surface area contributed by atoms with Gasteiger partial charge in [0.25, 0.3) is 0 Å². The number of methoxy groups -OCH3 is 1. The monoisotopic (exact) mass is 337 g/mol. The van der Waals surface area contributed by atoms with E-state index >= 15 is 0 Å². The lowest BCUT2D eigenvalue weighted by Gasteiger charge is -2.34. The van der Waals surface area contributed by atoms with E-state index in [2.05, 4.69) is 9.88 Å². The van der Waals surface area contributed by atoms with E-state index in [1.807, 2.05) is 59.6 Å². The van der Waals surface area contributed by atoms with E-state index < -0.39 is 0 Å². The average Bonchev–Trinajstić information content (AvgIpc) is 2.67. The van der Waals surface area contributed by atoms with Gasteiger partial charge in [0.15, 0.2) is 0 Å². The first kappa shape index (κ1) is 17.2. The Bertz CT molecular complexity index is 723. The van der Waals surface area contributed by atoms with Crippen LogP contribution in [-0.2, 0) is 11.3 Å². The van der Waals surface area contributed by atoms with E-state index in [4.69, 9.17) is 4.74 Å². The number of benzene rings is 1. The molecular formula is C20H23N3O2. The molecule has 0 aliphatic carbocycles. The number of aromatic nitrogens is 1. The molecule has 2 heterocycles. The molecule has 130 valence electrons. The molecule has 1 fully saturated rings. The third kappa shape index (κ3) is 4.67. The van der Waals surface area contributed by atoms with Gasteiger partial charge in [0.1, 0.15) is 5.75 Å². The van der Waals surface area contributed by atoms with E-state index in [9.17, 15) is 4.79 Å². The number of amides is 1. The molecule has 0 unspecified atom stereocenters. The van der Waals surface area contributed by atoms with Crippen molar-refractivity contribution >= 4 is 12.0 Å². The number of carbonyl (C=O) groups is 1. The number of hydrogen-bond acceptors (Lipinski definition) is 4. The predicted molar refractivity (Wildman–Crippen MR) is 98.1 cm³/mol. The minimum absolute atomic E-state index is 0.0448. The maximum Gasteiger partial charge on any atom is 0.246 e. The molecule has 0 bridgehead atoms. The second kappa shape index (κ2) is 8.44. The first-order valence-electron chi connectivity index (χ1n) is 8.48. The van der Waals surface area contributed by atoms with Crippen molar-refractivity contribution in [3.05, 3.63) is 66.0 Å². The molecular weight excluding hydrogens is 314 g/mol. The molecule has 3 rings (SSSR count). The number of carbonyl (C=O) groups excluding carboxylic acids is 1. The molecule has 1 amide bonds. The minimum Gasteiger partial charge on any atom is -0.496 e. The van der Waals surface area contributed by atoms with Crippen LogP contribution in [0, 0.1) is 0 Å². The van der Waals surface area contributed by atoms with E-state index in [1.54, 1.807) is 13.2 Å². The van der Waals surface area contributed by atoms with Gasteiger partial charge in [-0.2, -0.15) is 0 Å². The van der Waals surface area contributed by atoms with Crippen LogP contribution in [0.2, 0.25) is 0 Å². The molecule has 2 aromatic rings. The highest BCUT2D eigenvalue weighted by atomic mass is 16.5. The Balaban J connectivity index is 1.52. The summed E-state index contributed by atoms with van der Waals surface area (Å²) in [5.74, 6) is 0.815. The highest BCUT2D eigenvalue weighted by Crippen LogP contribution is 2.18. The fourth-order valence-corrected chi connectivity index (χ4v) is 2.92. The summed E-state index contributed by atoms with van der Waals surface area (Å²) in [5.41, 5.74) is 1.98. The van der Waals surface area contributed by atoms with Gasteiger partial charge in [-0.05, 0) is 24.3 Å². The first-order chi connectivity index (χ1) is 12.3. The van der Waals surface area contributed by atoms with Gasteiger partial charge in [-0.1, -0.05) is 24.3 Å². The summed E-state index contributed by atoms with van der Waals surface area (Å²) in [6.07, 6.45) is 5.27. The van der Waals surface area contributed by atoms with Crippen molar-refractivity contribution in [3.63, 3.8) is 0 Å². The van der Waals surface area contributed by atoms with E-state index in [0.717, 1.165) is 49.7 Å². The summed E-state index contributed by atoms with van der Waals surface area (Å²) in [5, 5.41) is 0. The average molecular weight is 337 g/mol. The number of ether oxygens (including phenoxy) is 1. The standard InChI is InChI=1S/C20H23N3O2/c1-25-19-8-3-2-6-17(19)9-10-20(24)23-14-12-22(13-15-23)16-18-7-4-5-11-21-18/h2-11H,12-16H2,1H3/b10-9+. The van der Waals surface area contributed by atoms with Gasteiger partial charge in [-0.3, -0.25) is 14.7 Å². The van der Waals surface area contributed by atoms with Crippen molar-refractivity contribution in [2.24, 2.45) is 0 Å². The summed E-state index contributed by atoms with van der Waals surface area (Å²) in [6.45, 7) is 4.04. The number of nitrogens with zero attached hydrogens (tertiary/aromatic N) is 3. The molecule has 1 saturated heterocycles. The number of hydrogen-bond donors (Lipinski definition) is 0. The van der Waals surface area contributed by atoms with Crippen molar-refractivity contribution in [1.82, 2.24) is 14.8 Å². The molecule has 0 radical (unpaired) electrons. The number of rotatable bonds is 5. The van der Waals surface area contributed by atoms with Gasteiger partial charge in [0, 0.05) is 50.6 Å². The van der Waals surface area contributed by atoms with Crippen LogP contribution in [-0.4, -0.2) is 54.0 Å². The maximum absolute atomic E-state index is 12.4. The Morgan fingerprint density at radius 2 is 1.88 bits per heavy atom. The number of para-hydroxylation sites is 1. The number of pyridine rings is 1. The molecule has 25 heavy (non-hydrogen) atoms. The molecule has 1 aromatic heterocycles. The second-order valence-corrected chi connectivity index (χ2v) is 6.00. The second-order valence-electron chi connectivity index (χ2n) is 6.00. The van der Waals surface area contributed by atoms with E-state index in [1.165, 1.54) is 0 Å². The molecule has 1 aromatic carbocycles. The van der Waals surface area contributed by atoms with Crippen molar-refractivity contribution in [3.8, 4) is 5.75 Å². The SMILES string of the molecule is COc1ccccc1/C=C/C(=O)N1CCN(Cc2ccccn2)CC1. The Hall–Kier alpha value is -2.66. The summed E-state index contributed by atoms with van der Waals surface area (Å²) in [6, 6.07) is 13.6. The zero-order valence-corrected chi connectivity index (χ0v) is 14.5. The van der Waals surface area contributed by atoms with Gasteiger partial charge in [-0.25, -0.2) is 0 Å². The van der Waals surface area contributed by atoms with Crippen molar-refractivity contribution in [1.29, 1.82) is 0 Å². The van der Waals surface area contributed by atoms with Crippen molar-refractivity contribution in [2.75, 3.05) is 33.3 Å². The third-order valence-electron chi connectivity index (χ3n) is 4.34. The Labute approximate surface area is 148 Å². The van der Waals surface area contributed by atoms with Gasteiger partial charge in [0.05, 0.1) is 12.8 Å². The van der Waals surface area contributed by atoms with Crippen LogP contribution >= 0.6 is 0 Å². The lowest BCUT2D eigenvalue weighted by Crippen LogP contribution is -2.47. The third-order valence-corrected chi connectivity index (χ3v) is 4.34. The van der Waals surface area contributed by atoms with Gasteiger partial charge >= 0.3 is 0 Å². The largest absolute Gasteiger partial charge is 0.496 e. The smallest absolute Gasteiger partial charge is 0.246 e. The fourth-order valence-electron chi connectivity index (χ4n) is 2.92. The molecule has 0 N–H and O–H groups in total. The topological polar surface area (TPSA) is 45.7 Å². The summed E-state index contributed by atoms with van der Waals surface area (Å²) in [7, 11) is 1.63. The highest BCUT2D eigenvalue weighted by molar-refractivity contribution is 5.92. The minimum atomic E-state index is 0.0448. The van der Waals surface area contributed by atoms with Crippen molar-refractivity contribution in [2.45, 2.75) is 6.54 Å². The molecule has 0 saturated carbocycles. The number of piperazine rings is 1. The van der Waals surface area contributed by atoms with E-state index in [0.29, 0.717) is 0 Å². The quantitative estimate of drug-likeness (QED) is 0.786. The van der Waals surface area contributed by atoms with Gasteiger partial charge < -0.3 is 9.64 Å². The predicted octanol–water partition coefficient (Wildman–Crippen LogP) is 2.45. The molecule has 0 spiro atoms. The lowest BCUT2D eigenvalue weighted by atomic mass is 10.2. The zero-order valence-electron chi connectivity index (χ0n) is 14.5. The molecule has 5 nitrogen and oxygen atoms in total. The maximum atomic E-state index is 12.4. The van der Waals surface area contributed by atoms with Crippen LogP contribution in [0.4, 0.5) is 0 Å². The van der Waals surface area contributed by atoms with Crippen LogP contribution in [0.25, 0.3) is 6.08 Å². The first-order valence-corrected chi connectivity index (χ1v) is 8.48. The van der Waals surface area contributed by atoms with Crippen LogP contribution in [0.3, 0.4) is 0 Å². The van der Waals surface area contributed by atoms with Crippen LogP contribution in [0.15, 0.2) is 54.7 Å². The van der Waals surface area contributed by atoms with Crippen LogP contribution in [0.5, 0.6) is 5.75 Å². The van der Waals surface area contributed by atoms with Gasteiger partial charge in [0.2, 0.25) is 5.91 Å². The van der Waals surface area contributed by atoms with Crippen molar-refractivity contribution < 1.29 is 9.53 Å². The Morgan fingerprint density at radius 3 is 2.60 bits per heavy atom. The van der Waals surface area contributed by atoms with Crippen LogP contribution < -0.4 is 4.74 Å². The molecule has 0 atom stereocenters. The summed E-state index contributed by atoms with van der Waals surface area (Å²) < 4.78 is 5.31. The fraction of sp³-hybridized carbons (Fsp3) is 0.300. The Morgan fingerprint density at radius 1 is 1.12 bits per heavy atom. The summed E-state index contributed by atoms with van der Waals surface area (Å²) in [4.78, 5) is 21.0. The normalized spacial score (nSPS) is 15.5. The molecule has 1 aliphatic rings. The lowest BCUT2D eigenvalue weighted by molar-refractivity contribution is -0.127. The highest BCUT2D eigenvalue weighted by Gasteiger charge is 2.19. The van der Waals surface area contributed by atoms with E-state index in [-0.39, 0.29) is 5.91 Å². The summed E-state index contributed by atoms with van der Waals surface area (Å²) >= 11 is 0. The Kier molecular flexibility index (Phi) is 5.80.